The standard InChI is InChI=1S/C34H30N4O6/c1-21(43-29-17-15-23-7-3-5-9-27(23)19-29)31(39)35-37-33(41)25-11-13-26(14-12-25)34(42)38-36-32(40)22(2)44-30-18-16-24-8-4-6-10-28(24)20-30/h3-22H,1-2H3,(H,35,39)(H,36,40)(H,37,41)(H,38,42). The van der Waals surface area contributed by atoms with Crippen LogP contribution in [0.2, 0.25) is 0 Å². The number of hydrogen-bond donors (Lipinski definition) is 4. The highest BCUT2D eigenvalue weighted by atomic mass is 16.5. The quantitative estimate of drug-likeness (QED) is 0.197. The molecule has 0 aliphatic carbocycles. The zero-order valence-corrected chi connectivity index (χ0v) is 24.0. The lowest BCUT2D eigenvalue weighted by Crippen LogP contribution is -2.47. The fraction of sp³-hybridized carbons (Fsp3) is 0.118. The Bertz CT molecular complexity index is 1710. The zero-order chi connectivity index (χ0) is 31.1. The Balaban J connectivity index is 1.06. The predicted molar refractivity (Wildman–Crippen MR) is 166 cm³/mol. The van der Waals surface area contributed by atoms with Gasteiger partial charge < -0.3 is 9.47 Å². The van der Waals surface area contributed by atoms with E-state index in [1.165, 1.54) is 24.3 Å². The lowest BCUT2D eigenvalue weighted by Gasteiger charge is -2.16. The van der Waals surface area contributed by atoms with Crippen LogP contribution in [0.15, 0.2) is 109 Å². The van der Waals surface area contributed by atoms with Crippen LogP contribution in [0.1, 0.15) is 34.6 Å². The number of fused-ring (bicyclic) bond motifs is 2. The van der Waals surface area contributed by atoms with Crippen LogP contribution >= 0.6 is 0 Å². The molecule has 0 saturated heterocycles. The van der Waals surface area contributed by atoms with Gasteiger partial charge in [0.2, 0.25) is 0 Å². The average molecular weight is 591 g/mol. The van der Waals surface area contributed by atoms with E-state index < -0.39 is 35.8 Å². The van der Waals surface area contributed by atoms with Crippen LogP contribution in [0, 0.1) is 0 Å². The van der Waals surface area contributed by atoms with Gasteiger partial charge in [0, 0.05) is 11.1 Å². The monoisotopic (exact) mass is 590 g/mol. The largest absolute Gasteiger partial charge is 0.481 e. The van der Waals surface area contributed by atoms with Crippen LogP contribution in [-0.4, -0.2) is 35.8 Å². The second kappa shape index (κ2) is 13.4. The lowest BCUT2D eigenvalue weighted by molar-refractivity contribution is -0.128. The van der Waals surface area contributed by atoms with Gasteiger partial charge in [-0.25, -0.2) is 0 Å². The SMILES string of the molecule is CC(Oc1ccc2ccccc2c1)C(=O)NNC(=O)c1ccc(C(=O)NNC(=O)C(C)Oc2ccc3ccccc3c2)cc1. The Morgan fingerprint density at radius 2 is 0.841 bits per heavy atom. The van der Waals surface area contributed by atoms with Crippen molar-refractivity contribution in [3.05, 3.63) is 120 Å². The molecule has 0 radical (unpaired) electrons. The highest BCUT2D eigenvalue weighted by Crippen LogP contribution is 2.22. The van der Waals surface area contributed by atoms with Crippen molar-refractivity contribution in [3.8, 4) is 11.5 Å². The van der Waals surface area contributed by atoms with Gasteiger partial charge in [-0.1, -0.05) is 60.7 Å². The first kappa shape index (κ1) is 29.6. The molecule has 44 heavy (non-hydrogen) atoms. The van der Waals surface area contributed by atoms with Crippen LogP contribution in [0.3, 0.4) is 0 Å². The molecule has 10 nitrogen and oxygen atoms in total. The molecule has 0 aliphatic heterocycles. The number of rotatable bonds is 8. The number of hydrogen-bond acceptors (Lipinski definition) is 6. The number of carbonyl (C=O) groups excluding carboxylic acids is 4. The molecular weight excluding hydrogens is 560 g/mol. The van der Waals surface area contributed by atoms with Gasteiger partial charge in [0.05, 0.1) is 0 Å². The van der Waals surface area contributed by atoms with E-state index in [4.69, 9.17) is 9.47 Å². The molecule has 10 heteroatoms. The van der Waals surface area contributed by atoms with E-state index in [9.17, 15) is 19.2 Å². The molecule has 0 aliphatic rings. The maximum atomic E-state index is 12.5. The van der Waals surface area contributed by atoms with Crippen molar-refractivity contribution in [1.29, 1.82) is 0 Å². The summed E-state index contributed by atoms with van der Waals surface area (Å²) in [5.41, 5.74) is 9.76. The van der Waals surface area contributed by atoms with Crippen molar-refractivity contribution in [2.24, 2.45) is 0 Å². The van der Waals surface area contributed by atoms with Gasteiger partial charge in [-0.3, -0.25) is 40.9 Å². The van der Waals surface area contributed by atoms with E-state index in [0.29, 0.717) is 11.5 Å². The maximum absolute atomic E-state index is 12.5. The van der Waals surface area contributed by atoms with Gasteiger partial charge in [-0.15, -0.1) is 0 Å². The van der Waals surface area contributed by atoms with E-state index in [1.807, 2.05) is 72.8 Å². The van der Waals surface area contributed by atoms with E-state index in [2.05, 4.69) is 21.7 Å². The van der Waals surface area contributed by atoms with E-state index in [1.54, 1.807) is 26.0 Å². The third kappa shape index (κ3) is 7.29. The molecule has 0 fully saturated rings. The van der Waals surface area contributed by atoms with Crippen LogP contribution in [0.25, 0.3) is 21.5 Å². The van der Waals surface area contributed by atoms with Gasteiger partial charge in [-0.05, 0) is 83.9 Å². The summed E-state index contributed by atoms with van der Waals surface area (Å²) in [7, 11) is 0. The van der Waals surface area contributed by atoms with Crippen molar-refractivity contribution in [3.63, 3.8) is 0 Å². The summed E-state index contributed by atoms with van der Waals surface area (Å²) < 4.78 is 11.4. The third-order valence-electron chi connectivity index (χ3n) is 6.81. The highest BCUT2D eigenvalue weighted by molar-refractivity contribution is 5.99. The molecule has 4 N–H and O–H groups in total. The predicted octanol–water partition coefficient (Wildman–Crippen LogP) is 4.45. The van der Waals surface area contributed by atoms with Crippen molar-refractivity contribution >= 4 is 45.2 Å². The zero-order valence-electron chi connectivity index (χ0n) is 24.0. The van der Waals surface area contributed by atoms with Crippen molar-refractivity contribution in [2.75, 3.05) is 0 Å². The molecule has 4 amide bonds. The highest BCUT2D eigenvalue weighted by Gasteiger charge is 2.18. The summed E-state index contributed by atoms with van der Waals surface area (Å²) in [5, 5.41) is 4.06. The summed E-state index contributed by atoms with van der Waals surface area (Å²) in [6.45, 7) is 3.14. The van der Waals surface area contributed by atoms with Crippen molar-refractivity contribution in [2.45, 2.75) is 26.1 Å². The maximum Gasteiger partial charge on any atom is 0.279 e. The molecule has 5 aromatic carbocycles. The second-order valence-corrected chi connectivity index (χ2v) is 10.0. The molecule has 0 heterocycles. The lowest BCUT2D eigenvalue weighted by atomic mass is 10.1. The molecule has 0 saturated carbocycles. The van der Waals surface area contributed by atoms with Gasteiger partial charge in [0.25, 0.3) is 23.6 Å². The summed E-state index contributed by atoms with van der Waals surface area (Å²) in [6, 6.07) is 32.2. The Morgan fingerprint density at radius 3 is 1.23 bits per heavy atom. The molecule has 2 atom stereocenters. The Labute approximate surface area is 253 Å². The van der Waals surface area contributed by atoms with E-state index in [0.717, 1.165) is 21.5 Å². The average Bonchev–Trinajstić information content (AvgIpc) is 3.05. The number of carbonyl (C=O) groups is 4. The number of nitrogens with one attached hydrogen (secondary N) is 4. The summed E-state index contributed by atoms with van der Waals surface area (Å²) in [6.07, 6.45) is -1.75. The van der Waals surface area contributed by atoms with Gasteiger partial charge in [-0.2, -0.15) is 0 Å². The first-order valence-electron chi connectivity index (χ1n) is 13.9. The summed E-state index contributed by atoms with van der Waals surface area (Å²) >= 11 is 0. The molecule has 0 bridgehead atoms. The molecule has 5 aromatic rings. The first-order valence-corrected chi connectivity index (χ1v) is 13.9. The molecule has 5 rings (SSSR count). The normalized spacial score (nSPS) is 12.0. The number of amides is 4. The summed E-state index contributed by atoms with van der Waals surface area (Å²) in [4.78, 5) is 50.0. The van der Waals surface area contributed by atoms with Crippen LogP contribution < -0.4 is 31.2 Å². The van der Waals surface area contributed by atoms with Crippen LogP contribution in [-0.2, 0) is 9.59 Å². The van der Waals surface area contributed by atoms with E-state index in [-0.39, 0.29) is 11.1 Å². The minimum Gasteiger partial charge on any atom is -0.481 e. The minimum absolute atomic E-state index is 0.200. The molecule has 0 spiro atoms. The van der Waals surface area contributed by atoms with Crippen LogP contribution in [0.5, 0.6) is 11.5 Å². The first-order chi connectivity index (χ1) is 21.3. The third-order valence-corrected chi connectivity index (χ3v) is 6.81. The molecular formula is C34H30N4O6. The van der Waals surface area contributed by atoms with Crippen molar-refractivity contribution < 1.29 is 28.7 Å². The Morgan fingerprint density at radius 1 is 0.477 bits per heavy atom. The molecule has 222 valence electrons. The number of ether oxygens (including phenoxy) is 2. The number of benzene rings is 5. The fourth-order valence-electron chi connectivity index (χ4n) is 4.35. The number of hydrazine groups is 2. The Kier molecular flexibility index (Phi) is 9.00. The van der Waals surface area contributed by atoms with Gasteiger partial charge >= 0.3 is 0 Å². The van der Waals surface area contributed by atoms with Crippen LogP contribution in [0.4, 0.5) is 0 Å². The fourth-order valence-corrected chi connectivity index (χ4v) is 4.35. The second-order valence-electron chi connectivity index (χ2n) is 10.0. The molecule has 2 unspecified atom stereocenters. The van der Waals surface area contributed by atoms with Crippen molar-refractivity contribution in [1.82, 2.24) is 21.7 Å². The minimum atomic E-state index is -0.876. The summed E-state index contributed by atoms with van der Waals surface area (Å²) in [5.74, 6) is -1.22. The van der Waals surface area contributed by atoms with E-state index >= 15 is 0 Å². The van der Waals surface area contributed by atoms with Gasteiger partial charge in [0.1, 0.15) is 11.5 Å². The topological polar surface area (TPSA) is 135 Å². The Hall–Kier alpha value is -5.90. The van der Waals surface area contributed by atoms with Gasteiger partial charge in [0.15, 0.2) is 12.2 Å². The smallest absolute Gasteiger partial charge is 0.279 e. The molecule has 0 aromatic heterocycles.